The van der Waals surface area contributed by atoms with Crippen LogP contribution in [0.2, 0.25) is 5.02 Å². The lowest BCUT2D eigenvalue weighted by Gasteiger charge is -2.09. The van der Waals surface area contributed by atoms with Crippen LogP contribution in [-0.2, 0) is 6.42 Å². The van der Waals surface area contributed by atoms with Crippen LogP contribution in [0.3, 0.4) is 0 Å². The van der Waals surface area contributed by atoms with Crippen LogP contribution in [0.4, 0.5) is 0 Å². The Morgan fingerprint density at radius 1 is 1.18 bits per heavy atom. The van der Waals surface area contributed by atoms with Crippen molar-refractivity contribution < 1.29 is 0 Å². The summed E-state index contributed by atoms with van der Waals surface area (Å²) in [4.78, 5) is 0. The van der Waals surface area contributed by atoms with Crippen LogP contribution in [0.25, 0.3) is 10.1 Å². The van der Waals surface area contributed by atoms with Gasteiger partial charge in [0.1, 0.15) is 0 Å². The molecule has 2 aromatic rings. The molecule has 1 aromatic carbocycles. The monoisotopic (exact) mass is 266 g/mol. The molecule has 1 aromatic heterocycles. The highest BCUT2D eigenvalue weighted by Gasteiger charge is 2.11. The van der Waals surface area contributed by atoms with E-state index < -0.39 is 0 Å². The number of hydrogen-bond acceptors (Lipinski definition) is 1. The zero-order chi connectivity index (χ0) is 12.6. The lowest BCUT2D eigenvalue weighted by molar-refractivity contribution is 0.651. The van der Waals surface area contributed by atoms with Gasteiger partial charge in [-0.05, 0) is 52.3 Å². The molecule has 0 unspecified atom stereocenters. The largest absolute Gasteiger partial charge is 0.142 e. The smallest absolute Gasteiger partial charge is 0.0587 e. The van der Waals surface area contributed by atoms with E-state index >= 15 is 0 Å². The Morgan fingerprint density at radius 3 is 2.47 bits per heavy atom. The van der Waals surface area contributed by atoms with Gasteiger partial charge in [0.2, 0.25) is 0 Å². The Labute approximate surface area is 113 Å². The lowest BCUT2D eigenvalue weighted by Crippen LogP contribution is -1.93. The zero-order valence-corrected chi connectivity index (χ0v) is 12.5. The molecular formula is C15H19ClS. The topological polar surface area (TPSA) is 0 Å². The standard InChI is InChI=1S/C15H19ClS/c1-9(2)5-12-8-17-15-13(12)6-11(10(3)4)7-14(15)16/h6-10H,5H2,1-4H3. The zero-order valence-electron chi connectivity index (χ0n) is 10.9. The van der Waals surface area contributed by atoms with Crippen LogP contribution >= 0.6 is 22.9 Å². The van der Waals surface area contributed by atoms with Gasteiger partial charge in [-0.15, -0.1) is 11.3 Å². The molecule has 0 saturated carbocycles. The van der Waals surface area contributed by atoms with Gasteiger partial charge in [0.05, 0.1) is 9.72 Å². The summed E-state index contributed by atoms with van der Waals surface area (Å²) in [7, 11) is 0. The maximum absolute atomic E-state index is 6.37. The Hall–Kier alpha value is -0.530. The molecule has 2 rings (SSSR count). The van der Waals surface area contributed by atoms with Crippen molar-refractivity contribution in [2.75, 3.05) is 0 Å². The van der Waals surface area contributed by atoms with Crippen LogP contribution < -0.4 is 0 Å². The summed E-state index contributed by atoms with van der Waals surface area (Å²) in [5.41, 5.74) is 2.79. The van der Waals surface area contributed by atoms with E-state index in [1.54, 1.807) is 11.3 Å². The van der Waals surface area contributed by atoms with Crippen molar-refractivity contribution in [1.82, 2.24) is 0 Å². The van der Waals surface area contributed by atoms with Gasteiger partial charge >= 0.3 is 0 Å². The molecule has 0 N–H and O–H groups in total. The second kappa shape index (κ2) is 4.99. The first kappa shape index (κ1) is 12.9. The van der Waals surface area contributed by atoms with Crippen molar-refractivity contribution in [3.05, 3.63) is 33.7 Å². The van der Waals surface area contributed by atoms with Crippen molar-refractivity contribution in [1.29, 1.82) is 0 Å². The normalized spacial score (nSPS) is 11.9. The van der Waals surface area contributed by atoms with Crippen LogP contribution in [0.1, 0.15) is 44.7 Å². The molecule has 0 amide bonds. The summed E-state index contributed by atoms with van der Waals surface area (Å²) in [6, 6.07) is 4.43. The number of fused-ring (bicyclic) bond motifs is 1. The van der Waals surface area contributed by atoms with Crippen LogP contribution in [-0.4, -0.2) is 0 Å². The summed E-state index contributed by atoms with van der Waals surface area (Å²) in [5.74, 6) is 1.22. The van der Waals surface area contributed by atoms with Crippen molar-refractivity contribution in [2.45, 2.75) is 40.0 Å². The van der Waals surface area contributed by atoms with E-state index in [-0.39, 0.29) is 0 Å². The molecule has 92 valence electrons. The molecule has 1 heterocycles. The van der Waals surface area contributed by atoms with E-state index in [2.05, 4.69) is 45.2 Å². The quantitative estimate of drug-likeness (QED) is 0.651. The summed E-state index contributed by atoms with van der Waals surface area (Å²) >= 11 is 8.14. The third-order valence-corrected chi connectivity index (χ3v) is 4.51. The molecule has 17 heavy (non-hydrogen) atoms. The van der Waals surface area contributed by atoms with Gasteiger partial charge in [0.25, 0.3) is 0 Å². The van der Waals surface area contributed by atoms with Gasteiger partial charge in [-0.25, -0.2) is 0 Å². The number of hydrogen-bond donors (Lipinski definition) is 0. The third kappa shape index (κ3) is 2.66. The Morgan fingerprint density at radius 2 is 1.88 bits per heavy atom. The SMILES string of the molecule is CC(C)Cc1csc2c(Cl)cc(C(C)C)cc12. The third-order valence-electron chi connectivity index (χ3n) is 3.03. The molecule has 0 bridgehead atoms. The fourth-order valence-electron chi connectivity index (χ4n) is 2.10. The van der Waals surface area contributed by atoms with Gasteiger partial charge in [-0.1, -0.05) is 39.3 Å². The highest BCUT2D eigenvalue weighted by atomic mass is 35.5. The first-order chi connectivity index (χ1) is 7.99. The fourth-order valence-corrected chi connectivity index (χ4v) is 3.43. The van der Waals surface area contributed by atoms with E-state index in [1.165, 1.54) is 21.2 Å². The van der Waals surface area contributed by atoms with Gasteiger partial charge in [0, 0.05) is 0 Å². The summed E-state index contributed by atoms with van der Waals surface area (Å²) in [6.45, 7) is 8.95. The summed E-state index contributed by atoms with van der Waals surface area (Å²) in [6.07, 6.45) is 1.14. The van der Waals surface area contributed by atoms with E-state index in [4.69, 9.17) is 11.6 Å². The maximum atomic E-state index is 6.37. The summed E-state index contributed by atoms with van der Waals surface area (Å²) in [5, 5.41) is 4.53. The van der Waals surface area contributed by atoms with Gasteiger partial charge < -0.3 is 0 Å². The van der Waals surface area contributed by atoms with Crippen molar-refractivity contribution >= 4 is 33.0 Å². The summed E-state index contributed by atoms with van der Waals surface area (Å²) < 4.78 is 1.24. The van der Waals surface area contributed by atoms with Crippen LogP contribution in [0.5, 0.6) is 0 Å². The highest BCUT2D eigenvalue weighted by molar-refractivity contribution is 7.18. The molecule has 0 spiro atoms. The van der Waals surface area contributed by atoms with E-state index in [0.717, 1.165) is 11.4 Å². The number of halogens is 1. The Bertz CT molecular complexity index is 523. The van der Waals surface area contributed by atoms with Gasteiger partial charge in [-0.3, -0.25) is 0 Å². The fraction of sp³-hybridized carbons (Fsp3) is 0.467. The van der Waals surface area contributed by atoms with E-state index in [1.807, 2.05) is 0 Å². The molecule has 0 saturated heterocycles. The second-order valence-corrected chi connectivity index (χ2v) is 6.68. The molecule has 0 nitrogen and oxygen atoms in total. The van der Waals surface area contributed by atoms with Gasteiger partial charge in [-0.2, -0.15) is 0 Å². The molecule has 0 atom stereocenters. The van der Waals surface area contributed by atoms with Crippen LogP contribution in [0, 0.1) is 5.92 Å². The van der Waals surface area contributed by atoms with Crippen molar-refractivity contribution in [2.24, 2.45) is 5.92 Å². The Balaban J connectivity index is 2.57. The van der Waals surface area contributed by atoms with Crippen molar-refractivity contribution in [3.63, 3.8) is 0 Å². The van der Waals surface area contributed by atoms with E-state index in [0.29, 0.717) is 11.8 Å². The minimum Gasteiger partial charge on any atom is -0.142 e. The second-order valence-electron chi connectivity index (χ2n) is 5.39. The van der Waals surface area contributed by atoms with Gasteiger partial charge in [0.15, 0.2) is 0 Å². The van der Waals surface area contributed by atoms with E-state index in [9.17, 15) is 0 Å². The van der Waals surface area contributed by atoms with Crippen molar-refractivity contribution in [3.8, 4) is 0 Å². The number of benzene rings is 1. The number of rotatable bonds is 3. The average molecular weight is 267 g/mol. The predicted molar refractivity (Wildman–Crippen MR) is 79.5 cm³/mol. The predicted octanol–water partition coefficient (Wildman–Crippen LogP) is 5.88. The maximum Gasteiger partial charge on any atom is 0.0587 e. The molecule has 0 radical (unpaired) electrons. The molecule has 0 aliphatic heterocycles. The van der Waals surface area contributed by atoms with Crippen LogP contribution in [0.15, 0.2) is 17.5 Å². The molecule has 0 fully saturated rings. The first-order valence-corrected chi connectivity index (χ1v) is 7.44. The lowest BCUT2D eigenvalue weighted by atomic mass is 9.97. The highest BCUT2D eigenvalue weighted by Crippen LogP contribution is 2.36. The molecule has 0 aliphatic carbocycles. The number of thiophene rings is 1. The average Bonchev–Trinajstić information content (AvgIpc) is 2.61. The minimum absolute atomic E-state index is 0.531. The first-order valence-electron chi connectivity index (χ1n) is 6.18. The minimum atomic E-state index is 0.531. The Kier molecular flexibility index (Phi) is 3.79. The molecule has 0 aliphatic rings. The molecular weight excluding hydrogens is 248 g/mol. The molecule has 2 heteroatoms.